The largest absolute Gasteiger partial charge is 0.298 e. The van der Waals surface area contributed by atoms with Crippen molar-refractivity contribution in [2.24, 2.45) is 0 Å². The van der Waals surface area contributed by atoms with Crippen LogP contribution >= 0.6 is 11.6 Å². The Balaban J connectivity index is 2.61. The average molecular weight is 245 g/mol. The minimum absolute atomic E-state index is 0.601. The quantitative estimate of drug-likeness (QED) is 0.714. The molecule has 0 heterocycles. The van der Waals surface area contributed by atoms with Crippen LogP contribution in [0.15, 0.2) is 36.4 Å². The summed E-state index contributed by atoms with van der Waals surface area (Å²) in [4.78, 5) is 10.7. The summed E-state index contributed by atoms with van der Waals surface area (Å²) in [6.45, 7) is 4.15. The third-order valence-corrected chi connectivity index (χ3v) is 3.34. The Kier molecular flexibility index (Phi) is 3.30. The lowest BCUT2D eigenvalue weighted by Crippen LogP contribution is -1.89. The van der Waals surface area contributed by atoms with Gasteiger partial charge in [0, 0.05) is 16.1 Å². The van der Waals surface area contributed by atoms with Crippen LogP contribution in [0, 0.1) is 13.8 Å². The van der Waals surface area contributed by atoms with Crippen LogP contribution in [0.5, 0.6) is 0 Å². The Hall–Kier alpha value is -1.60. The molecule has 1 nitrogen and oxygen atoms in total. The Bertz CT molecular complexity index is 573. The fourth-order valence-corrected chi connectivity index (χ4v) is 2.16. The number of benzene rings is 2. The first-order valence-corrected chi connectivity index (χ1v) is 5.82. The number of aldehydes is 1. The second kappa shape index (κ2) is 4.72. The van der Waals surface area contributed by atoms with Gasteiger partial charge in [-0.25, -0.2) is 0 Å². The van der Waals surface area contributed by atoms with E-state index in [1.54, 1.807) is 12.1 Å². The Morgan fingerprint density at radius 3 is 2.47 bits per heavy atom. The predicted octanol–water partition coefficient (Wildman–Crippen LogP) is 4.44. The normalized spacial score (nSPS) is 10.3. The molecule has 0 saturated heterocycles. The zero-order valence-corrected chi connectivity index (χ0v) is 10.6. The smallest absolute Gasteiger partial charge is 0.150 e. The van der Waals surface area contributed by atoms with Gasteiger partial charge in [0.1, 0.15) is 6.29 Å². The molecule has 2 aromatic carbocycles. The fourth-order valence-electron chi connectivity index (χ4n) is 1.87. The highest BCUT2D eigenvalue weighted by Crippen LogP contribution is 2.31. The average Bonchev–Trinajstić information content (AvgIpc) is 2.33. The lowest BCUT2D eigenvalue weighted by molar-refractivity contribution is 0.112. The molecule has 0 unspecified atom stereocenters. The second-order valence-corrected chi connectivity index (χ2v) is 4.51. The van der Waals surface area contributed by atoms with Crippen LogP contribution in [0.4, 0.5) is 0 Å². The molecule has 0 aliphatic rings. The molecule has 0 N–H and O–H groups in total. The minimum atomic E-state index is 0.601. The summed E-state index contributed by atoms with van der Waals surface area (Å²) >= 11 is 6.21. The molecular weight excluding hydrogens is 232 g/mol. The summed E-state index contributed by atoms with van der Waals surface area (Å²) in [6.07, 6.45) is 0.804. The van der Waals surface area contributed by atoms with Gasteiger partial charge in [-0.15, -0.1) is 0 Å². The first-order chi connectivity index (χ1) is 8.13. The number of carbonyl (C=O) groups is 1. The van der Waals surface area contributed by atoms with E-state index in [0.29, 0.717) is 10.6 Å². The molecule has 0 aliphatic heterocycles. The van der Waals surface area contributed by atoms with E-state index in [1.807, 2.05) is 18.2 Å². The molecule has 0 spiro atoms. The maximum absolute atomic E-state index is 10.7. The van der Waals surface area contributed by atoms with Gasteiger partial charge >= 0.3 is 0 Å². The van der Waals surface area contributed by atoms with E-state index in [0.717, 1.165) is 17.4 Å². The van der Waals surface area contributed by atoms with Crippen molar-refractivity contribution in [3.63, 3.8) is 0 Å². The van der Waals surface area contributed by atoms with Crippen molar-refractivity contribution in [2.75, 3.05) is 0 Å². The molecule has 86 valence electrons. The highest BCUT2D eigenvalue weighted by molar-refractivity contribution is 6.33. The monoisotopic (exact) mass is 244 g/mol. The second-order valence-electron chi connectivity index (χ2n) is 4.10. The molecule has 0 aromatic heterocycles. The third-order valence-electron chi connectivity index (χ3n) is 3.02. The summed E-state index contributed by atoms with van der Waals surface area (Å²) in [7, 11) is 0. The van der Waals surface area contributed by atoms with Gasteiger partial charge in [-0.05, 0) is 36.6 Å². The molecule has 17 heavy (non-hydrogen) atoms. The van der Waals surface area contributed by atoms with E-state index in [-0.39, 0.29) is 0 Å². The fraction of sp³-hybridized carbons (Fsp3) is 0.133. The van der Waals surface area contributed by atoms with Crippen LogP contribution in [0.3, 0.4) is 0 Å². The van der Waals surface area contributed by atoms with Crippen LogP contribution in [-0.4, -0.2) is 6.29 Å². The molecule has 0 aliphatic carbocycles. The van der Waals surface area contributed by atoms with E-state index in [2.05, 4.69) is 19.9 Å². The Labute approximate surface area is 106 Å². The van der Waals surface area contributed by atoms with Gasteiger partial charge in [-0.1, -0.05) is 41.9 Å². The van der Waals surface area contributed by atoms with Gasteiger partial charge in [0.25, 0.3) is 0 Å². The van der Waals surface area contributed by atoms with E-state index < -0.39 is 0 Å². The molecule has 2 aromatic rings. The Morgan fingerprint density at radius 1 is 1.06 bits per heavy atom. The summed E-state index contributed by atoms with van der Waals surface area (Å²) in [6, 6.07) is 11.5. The van der Waals surface area contributed by atoms with Gasteiger partial charge in [0.2, 0.25) is 0 Å². The molecule has 2 heteroatoms. The molecule has 0 saturated carbocycles. The SMILES string of the molecule is Cc1cccc(-c2ccc(C=O)cc2Cl)c1C. The van der Waals surface area contributed by atoms with Crippen molar-refractivity contribution >= 4 is 17.9 Å². The van der Waals surface area contributed by atoms with Gasteiger partial charge in [0.15, 0.2) is 0 Å². The number of halogens is 1. The molecule has 0 atom stereocenters. The highest BCUT2D eigenvalue weighted by Gasteiger charge is 2.08. The van der Waals surface area contributed by atoms with Gasteiger partial charge in [-0.2, -0.15) is 0 Å². The van der Waals surface area contributed by atoms with Crippen LogP contribution in [0.1, 0.15) is 21.5 Å². The third kappa shape index (κ3) is 2.25. The summed E-state index contributed by atoms with van der Waals surface area (Å²) in [5.41, 5.74) is 5.14. The summed E-state index contributed by atoms with van der Waals surface area (Å²) in [5, 5.41) is 0.614. The van der Waals surface area contributed by atoms with Crippen LogP contribution in [0.2, 0.25) is 5.02 Å². The lowest BCUT2D eigenvalue weighted by Gasteiger charge is -2.10. The predicted molar refractivity (Wildman–Crippen MR) is 71.7 cm³/mol. The summed E-state index contributed by atoms with van der Waals surface area (Å²) < 4.78 is 0. The van der Waals surface area contributed by atoms with Crippen molar-refractivity contribution in [3.05, 3.63) is 58.1 Å². The van der Waals surface area contributed by atoms with Crippen molar-refractivity contribution in [3.8, 4) is 11.1 Å². The number of hydrogen-bond donors (Lipinski definition) is 0. The van der Waals surface area contributed by atoms with E-state index in [9.17, 15) is 4.79 Å². The van der Waals surface area contributed by atoms with E-state index in [4.69, 9.17) is 11.6 Å². The van der Waals surface area contributed by atoms with Crippen molar-refractivity contribution in [2.45, 2.75) is 13.8 Å². The first-order valence-electron chi connectivity index (χ1n) is 5.45. The maximum atomic E-state index is 10.7. The standard InChI is InChI=1S/C15H13ClO/c1-10-4-3-5-13(11(10)2)14-7-6-12(9-17)8-15(14)16/h3-9H,1-2H3. The highest BCUT2D eigenvalue weighted by atomic mass is 35.5. The maximum Gasteiger partial charge on any atom is 0.150 e. The van der Waals surface area contributed by atoms with Crippen LogP contribution in [-0.2, 0) is 0 Å². The van der Waals surface area contributed by atoms with Crippen molar-refractivity contribution in [1.29, 1.82) is 0 Å². The van der Waals surface area contributed by atoms with Gasteiger partial charge in [0.05, 0.1) is 0 Å². The van der Waals surface area contributed by atoms with E-state index >= 15 is 0 Å². The van der Waals surface area contributed by atoms with Gasteiger partial charge < -0.3 is 0 Å². The summed E-state index contributed by atoms with van der Waals surface area (Å²) in [5.74, 6) is 0. The number of hydrogen-bond acceptors (Lipinski definition) is 1. The first kappa shape index (κ1) is 11.9. The number of rotatable bonds is 2. The van der Waals surface area contributed by atoms with Crippen LogP contribution < -0.4 is 0 Å². The topological polar surface area (TPSA) is 17.1 Å². The molecule has 2 rings (SSSR count). The number of aryl methyl sites for hydroxylation is 1. The zero-order chi connectivity index (χ0) is 12.4. The van der Waals surface area contributed by atoms with E-state index in [1.165, 1.54) is 11.1 Å². The lowest BCUT2D eigenvalue weighted by atomic mass is 9.96. The molecule has 0 fully saturated rings. The molecule has 0 amide bonds. The Morgan fingerprint density at radius 2 is 1.82 bits per heavy atom. The minimum Gasteiger partial charge on any atom is -0.298 e. The zero-order valence-electron chi connectivity index (χ0n) is 9.83. The number of carbonyl (C=O) groups excluding carboxylic acids is 1. The van der Waals surface area contributed by atoms with Crippen molar-refractivity contribution < 1.29 is 4.79 Å². The van der Waals surface area contributed by atoms with Crippen molar-refractivity contribution in [1.82, 2.24) is 0 Å². The van der Waals surface area contributed by atoms with Gasteiger partial charge in [-0.3, -0.25) is 4.79 Å². The molecule has 0 bridgehead atoms. The van der Waals surface area contributed by atoms with Crippen LogP contribution in [0.25, 0.3) is 11.1 Å². The molecule has 0 radical (unpaired) electrons. The molecular formula is C15H13ClO.